The zero-order chi connectivity index (χ0) is 12.2. The van der Waals surface area contributed by atoms with E-state index >= 15 is 0 Å². The highest BCUT2D eigenvalue weighted by Gasteiger charge is 2.41. The Hall–Kier alpha value is -0.300. The molecule has 0 spiro atoms. The Morgan fingerprint density at radius 2 is 1.88 bits per heavy atom. The fourth-order valence-electron chi connectivity index (χ4n) is 3.62. The summed E-state index contributed by atoms with van der Waals surface area (Å²) >= 11 is 0. The quantitative estimate of drug-likeness (QED) is 0.667. The van der Waals surface area contributed by atoms with Crippen LogP contribution in [0.1, 0.15) is 59.8 Å². The Morgan fingerprint density at radius 1 is 1.31 bits per heavy atom. The van der Waals surface area contributed by atoms with Crippen molar-refractivity contribution in [1.82, 2.24) is 5.32 Å². The van der Waals surface area contributed by atoms with Crippen LogP contribution in [0.4, 0.5) is 0 Å². The number of likely N-dealkylation sites (N-methyl/N-ethyl adjacent to an activating group) is 1. The van der Waals surface area contributed by atoms with Gasteiger partial charge in [-0.05, 0) is 44.1 Å². The number of rotatable bonds is 6. The molecular formula is C15H29N. The van der Waals surface area contributed by atoms with Crippen LogP contribution in [0.3, 0.4) is 0 Å². The van der Waals surface area contributed by atoms with Crippen molar-refractivity contribution < 1.29 is 0 Å². The maximum atomic E-state index is 4.21. The van der Waals surface area contributed by atoms with Crippen molar-refractivity contribution in [2.75, 3.05) is 6.54 Å². The van der Waals surface area contributed by atoms with Crippen LogP contribution in [-0.4, -0.2) is 12.6 Å². The van der Waals surface area contributed by atoms with Crippen molar-refractivity contribution >= 4 is 0 Å². The molecule has 1 N–H and O–H groups in total. The highest BCUT2D eigenvalue weighted by molar-refractivity contribution is 5.11. The molecule has 16 heavy (non-hydrogen) atoms. The van der Waals surface area contributed by atoms with Crippen molar-refractivity contribution in [1.29, 1.82) is 0 Å². The second-order valence-electron chi connectivity index (χ2n) is 6.00. The highest BCUT2D eigenvalue weighted by atomic mass is 14.9. The minimum Gasteiger partial charge on any atom is -0.310 e. The molecule has 1 nitrogen and oxygen atoms in total. The average Bonchev–Trinajstić information content (AvgIpc) is 2.61. The predicted molar refractivity (Wildman–Crippen MR) is 72.6 cm³/mol. The first-order chi connectivity index (χ1) is 7.52. The lowest BCUT2D eigenvalue weighted by molar-refractivity contribution is 0.177. The van der Waals surface area contributed by atoms with Crippen molar-refractivity contribution in [2.45, 2.75) is 65.8 Å². The van der Waals surface area contributed by atoms with E-state index in [0.29, 0.717) is 11.5 Å². The summed E-state index contributed by atoms with van der Waals surface area (Å²) in [5.41, 5.74) is 1.82. The molecule has 94 valence electrons. The number of hydrogen-bond acceptors (Lipinski definition) is 1. The summed E-state index contributed by atoms with van der Waals surface area (Å²) in [5, 5.41) is 3.67. The van der Waals surface area contributed by atoms with Gasteiger partial charge in [0.15, 0.2) is 0 Å². The zero-order valence-corrected chi connectivity index (χ0v) is 11.6. The van der Waals surface area contributed by atoms with Crippen LogP contribution in [-0.2, 0) is 0 Å². The Bertz CT molecular complexity index is 224. The molecule has 1 aliphatic rings. The molecule has 0 aromatic heterocycles. The molecule has 0 aliphatic heterocycles. The first-order valence-corrected chi connectivity index (χ1v) is 6.90. The fraction of sp³-hybridized carbons (Fsp3) is 0.867. The van der Waals surface area contributed by atoms with E-state index in [2.05, 4.69) is 39.6 Å². The molecule has 0 aromatic rings. The van der Waals surface area contributed by atoms with Crippen LogP contribution in [0.5, 0.6) is 0 Å². The molecule has 0 heterocycles. The largest absolute Gasteiger partial charge is 0.310 e. The van der Waals surface area contributed by atoms with Crippen molar-refractivity contribution in [2.24, 2.45) is 11.3 Å². The molecule has 1 heteroatoms. The third kappa shape index (κ3) is 3.10. The fourth-order valence-corrected chi connectivity index (χ4v) is 3.62. The lowest BCUT2D eigenvalue weighted by atomic mass is 9.70. The van der Waals surface area contributed by atoms with Gasteiger partial charge in [0.05, 0.1) is 0 Å². The molecule has 0 bridgehead atoms. The summed E-state index contributed by atoms with van der Waals surface area (Å²) in [6.07, 6.45) is 6.92. The molecule has 0 saturated heterocycles. The smallest absolute Gasteiger partial charge is 0.0330 e. The van der Waals surface area contributed by atoms with E-state index in [4.69, 9.17) is 0 Å². The van der Waals surface area contributed by atoms with Crippen LogP contribution in [0.2, 0.25) is 0 Å². The molecular weight excluding hydrogens is 194 g/mol. The molecule has 0 radical (unpaired) electrons. The van der Waals surface area contributed by atoms with Gasteiger partial charge < -0.3 is 5.32 Å². The average molecular weight is 223 g/mol. The van der Waals surface area contributed by atoms with Crippen LogP contribution >= 0.6 is 0 Å². The summed E-state index contributed by atoms with van der Waals surface area (Å²) in [6.45, 7) is 14.3. The van der Waals surface area contributed by atoms with E-state index in [-0.39, 0.29) is 0 Å². The third-order valence-electron chi connectivity index (χ3n) is 3.93. The summed E-state index contributed by atoms with van der Waals surface area (Å²) in [4.78, 5) is 0. The van der Waals surface area contributed by atoms with Crippen molar-refractivity contribution in [3.63, 3.8) is 0 Å². The van der Waals surface area contributed by atoms with Gasteiger partial charge in [0.25, 0.3) is 0 Å². The van der Waals surface area contributed by atoms with E-state index in [1.165, 1.54) is 37.7 Å². The van der Waals surface area contributed by atoms with Gasteiger partial charge in [-0.3, -0.25) is 0 Å². The van der Waals surface area contributed by atoms with E-state index in [0.717, 1.165) is 12.5 Å². The Labute approximate surface area is 102 Å². The number of nitrogens with one attached hydrogen (secondary N) is 1. The van der Waals surface area contributed by atoms with Gasteiger partial charge in [-0.25, -0.2) is 0 Å². The molecule has 0 aromatic carbocycles. The first kappa shape index (κ1) is 13.8. The molecule has 1 saturated carbocycles. The van der Waals surface area contributed by atoms with Crippen molar-refractivity contribution in [3.8, 4) is 0 Å². The second kappa shape index (κ2) is 5.86. The highest BCUT2D eigenvalue weighted by Crippen LogP contribution is 2.47. The van der Waals surface area contributed by atoms with E-state index in [9.17, 15) is 0 Å². The topological polar surface area (TPSA) is 12.0 Å². The lowest BCUT2D eigenvalue weighted by Crippen LogP contribution is -2.45. The van der Waals surface area contributed by atoms with Crippen molar-refractivity contribution in [3.05, 3.63) is 12.2 Å². The summed E-state index contributed by atoms with van der Waals surface area (Å²) in [7, 11) is 0. The lowest BCUT2D eigenvalue weighted by Gasteiger charge is -2.40. The maximum Gasteiger partial charge on any atom is 0.0330 e. The first-order valence-electron chi connectivity index (χ1n) is 6.90. The van der Waals surface area contributed by atoms with Gasteiger partial charge in [0.1, 0.15) is 0 Å². The Balaban J connectivity index is 2.84. The molecule has 1 aliphatic carbocycles. The third-order valence-corrected chi connectivity index (χ3v) is 3.93. The van der Waals surface area contributed by atoms with E-state index in [1.54, 1.807) is 0 Å². The summed E-state index contributed by atoms with van der Waals surface area (Å²) in [5.74, 6) is 0.790. The summed E-state index contributed by atoms with van der Waals surface area (Å²) in [6, 6.07) is 0.530. The van der Waals surface area contributed by atoms with E-state index in [1.807, 2.05) is 0 Å². The van der Waals surface area contributed by atoms with Crippen LogP contribution in [0.15, 0.2) is 12.2 Å². The van der Waals surface area contributed by atoms with Gasteiger partial charge in [-0.15, -0.1) is 0 Å². The molecule has 1 atom stereocenters. The van der Waals surface area contributed by atoms with Gasteiger partial charge in [-0.1, -0.05) is 45.8 Å². The van der Waals surface area contributed by atoms with Crippen LogP contribution in [0, 0.1) is 11.3 Å². The second-order valence-corrected chi connectivity index (χ2v) is 6.00. The van der Waals surface area contributed by atoms with Gasteiger partial charge in [0.2, 0.25) is 0 Å². The minimum absolute atomic E-state index is 0.496. The Morgan fingerprint density at radius 3 is 2.25 bits per heavy atom. The normalized spacial score (nSPS) is 21.3. The van der Waals surface area contributed by atoms with Gasteiger partial charge in [-0.2, -0.15) is 0 Å². The maximum absolute atomic E-state index is 4.21. The standard InChI is InChI=1S/C15H29N/c1-6-16-14(13(4)5)15(11-12(2)3)9-7-8-10-15/h12,14,16H,4,6-11H2,1-3,5H3. The van der Waals surface area contributed by atoms with E-state index < -0.39 is 0 Å². The van der Waals surface area contributed by atoms with Crippen LogP contribution in [0.25, 0.3) is 0 Å². The molecule has 0 amide bonds. The minimum atomic E-state index is 0.496. The predicted octanol–water partition coefficient (Wildman–Crippen LogP) is 4.15. The van der Waals surface area contributed by atoms with Crippen LogP contribution < -0.4 is 5.32 Å². The SMILES string of the molecule is C=C(C)C(NCC)C1(CC(C)C)CCCC1. The van der Waals surface area contributed by atoms with Gasteiger partial charge in [0, 0.05) is 6.04 Å². The monoisotopic (exact) mass is 223 g/mol. The molecule has 1 fully saturated rings. The van der Waals surface area contributed by atoms with Gasteiger partial charge >= 0.3 is 0 Å². The summed E-state index contributed by atoms with van der Waals surface area (Å²) < 4.78 is 0. The molecule has 1 rings (SSSR count). The molecule has 1 unspecified atom stereocenters. The zero-order valence-electron chi connectivity index (χ0n) is 11.6. The number of hydrogen-bond donors (Lipinski definition) is 1. The Kier molecular flexibility index (Phi) is 5.04.